The lowest BCUT2D eigenvalue weighted by molar-refractivity contribution is -0.126. The molecule has 2 heterocycles. The average molecular weight is 345 g/mol. The van der Waals surface area contributed by atoms with Gasteiger partial charge in [0.2, 0.25) is 5.91 Å². The maximum Gasteiger partial charge on any atom is 0.324 e. The number of nitrogens with zero attached hydrogens (tertiary/aromatic N) is 4. The van der Waals surface area contributed by atoms with E-state index in [9.17, 15) is 9.59 Å². The van der Waals surface area contributed by atoms with Crippen molar-refractivity contribution in [1.82, 2.24) is 25.0 Å². The number of hydrogen-bond acceptors (Lipinski definition) is 5. The number of carbonyl (C=O) groups is 2. The Morgan fingerprint density at radius 2 is 2.08 bits per heavy atom. The number of urea groups is 1. The van der Waals surface area contributed by atoms with Crippen molar-refractivity contribution in [3.05, 3.63) is 30.3 Å². The molecular weight excluding hydrogens is 326 g/mol. The SMILES string of the molecule is CCn1c(SC(C)C(=O)N2CCNC2=O)nnc1-c1ccccc1. The molecule has 1 aromatic carbocycles. The minimum Gasteiger partial charge on any atom is -0.336 e. The van der Waals surface area contributed by atoms with E-state index in [1.165, 1.54) is 16.7 Å². The van der Waals surface area contributed by atoms with Gasteiger partial charge in [-0.3, -0.25) is 9.69 Å². The normalized spacial score (nSPS) is 15.4. The Hall–Kier alpha value is -2.35. The highest BCUT2D eigenvalue weighted by molar-refractivity contribution is 8.00. The van der Waals surface area contributed by atoms with Crippen LogP contribution >= 0.6 is 11.8 Å². The Bertz CT molecular complexity index is 746. The third-order valence-corrected chi connectivity index (χ3v) is 4.89. The second-order valence-electron chi connectivity index (χ2n) is 5.40. The molecule has 1 N–H and O–H groups in total. The third-order valence-electron chi connectivity index (χ3n) is 3.82. The predicted octanol–water partition coefficient (Wildman–Crippen LogP) is 2.00. The quantitative estimate of drug-likeness (QED) is 0.839. The van der Waals surface area contributed by atoms with E-state index in [1.54, 1.807) is 6.92 Å². The first-order chi connectivity index (χ1) is 11.6. The minimum atomic E-state index is -0.410. The summed E-state index contributed by atoms with van der Waals surface area (Å²) >= 11 is 1.33. The van der Waals surface area contributed by atoms with Gasteiger partial charge in [0.1, 0.15) is 0 Å². The van der Waals surface area contributed by atoms with Gasteiger partial charge in [0.05, 0.1) is 5.25 Å². The van der Waals surface area contributed by atoms with E-state index in [1.807, 2.05) is 41.8 Å². The van der Waals surface area contributed by atoms with Gasteiger partial charge < -0.3 is 9.88 Å². The van der Waals surface area contributed by atoms with Gasteiger partial charge in [-0.05, 0) is 13.8 Å². The zero-order valence-corrected chi connectivity index (χ0v) is 14.4. The molecule has 1 aliphatic heterocycles. The van der Waals surface area contributed by atoms with Crippen LogP contribution in [0.5, 0.6) is 0 Å². The number of imide groups is 1. The molecular formula is C16H19N5O2S. The molecule has 24 heavy (non-hydrogen) atoms. The highest BCUT2D eigenvalue weighted by Gasteiger charge is 2.31. The summed E-state index contributed by atoms with van der Waals surface area (Å²) in [5.41, 5.74) is 0.983. The fraction of sp³-hybridized carbons (Fsp3) is 0.375. The largest absolute Gasteiger partial charge is 0.336 e. The third kappa shape index (κ3) is 3.14. The summed E-state index contributed by atoms with van der Waals surface area (Å²) in [7, 11) is 0. The van der Waals surface area contributed by atoms with Crippen molar-refractivity contribution in [3.63, 3.8) is 0 Å². The highest BCUT2D eigenvalue weighted by Crippen LogP contribution is 2.27. The van der Waals surface area contributed by atoms with E-state index in [-0.39, 0.29) is 11.9 Å². The fourth-order valence-electron chi connectivity index (χ4n) is 2.57. The number of aromatic nitrogens is 3. The lowest BCUT2D eigenvalue weighted by atomic mass is 10.2. The smallest absolute Gasteiger partial charge is 0.324 e. The lowest BCUT2D eigenvalue weighted by Gasteiger charge is -2.17. The van der Waals surface area contributed by atoms with Gasteiger partial charge in [-0.1, -0.05) is 42.1 Å². The summed E-state index contributed by atoms with van der Waals surface area (Å²) in [6, 6.07) is 9.49. The van der Waals surface area contributed by atoms with Gasteiger partial charge in [0.25, 0.3) is 0 Å². The van der Waals surface area contributed by atoms with Gasteiger partial charge in [-0.25, -0.2) is 4.79 Å². The summed E-state index contributed by atoms with van der Waals surface area (Å²) in [6.07, 6.45) is 0. The molecule has 1 aromatic heterocycles. The molecule has 0 bridgehead atoms. The molecule has 0 saturated carbocycles. The van der Waals surface area contributed by atoms with Gasteiger partial charge in [0.15, 0.2) is 11.0 Å². The molecule has 1 atom stereocenters. The van der Waals surface area contributed by atoms with E-state index in [0.29, 0.717) is 24.8 Å². The molecule has 0 aliphatic carbocycles. The van der Waals surface area contributed by atoms with Crippen molar-refractivity contribution >= 4 is 23.7 Å². The molecule has 1 unspecified atom stereocenters. The van der Waals surface area contributed by atoms with Crippen molar-refractivity contribution in [2.45, 2.75) is 30.8 Å². The minimum absolute atomic E-state index is 0.207. The van der Waals surface area contributed by atoms with E-state index < -0.39 is 5.25 Å². The standard InChI is InChI=1S/C16H19N5O2S/c1-3-20-13(12-7-5-4-6-8-12)18-19-16(20)24-11(2)14(22)21-10-9-17-15(21)23/h4-8,11H,3,9-10H2,1-2H3,(H,17,23). The molecule has 1 aliphatic rings. The molecule has 3 rings (SSSR count). The van der Waals surface area contributed by atoms with Crippen LogP contribution in [0, 0.1) is 0 Å². The molecule has 0 radical (unpaired) electrons. The topological polar surface area (TPSA) is 80.1 Å². The Morgan fingerprint density at radius 3 is 2.71 bits per heavy atom. The molecule has 8 heteroatoms. The maximum atomic E-state index is 12.4. The summed E-state index contributed by atoms with van der Waals surface area (Å²) in [6.45, 7) is 5.42. The zero-order chi connectivity index (χ0) is 17.1. The van der Waals surface area contributed by atoms with E-state index >= 15 is 0 Å². The molecule has 1 saturated heterocycles. The van der Waals surface area contributed by atoms with Crippen molar-refractivity contribution < 1.29 is 9.59 Å². The number of rotatable bonds is 5. The number of hydrogen-bond donors (Lipinski definition) is 1. The second-order valence-corrected chi connectivity index (χ2v) is 6.71. The van der Waals surface area contributed by atoms with Crippen LogP contribution in [-0.2, 0) is 11.3 Å². The van der Waals surface area contributed by atoms with Crippen LogP contribution < -0.4 is 5.32 Å². The monoisotopic (exact) mass is 345 g/mol. The van der Waals surface area contributed by atoms with Gasteiger partial charge in [0, 0.05) is 25.2 Å². The Kier molecular flexibility index (Phi) is 4.84. The van der Waals surface area contributed by atoms with Crippen LogP contribution in [0.15, 0.2) is 35.5 Å². The van der Waals surface area contributed by atoms with Gasteiger partial charge in [-0.2, -0.15) is 0 Å². The first-order valence-electron chi connectivity index (χ1n) is 7.86. The highest BCUT2D eigenvalue weighted by atomic mass is 32.2. The molecule has 1 fully saturated rings. The predicted molar refractivity (Wildman–Crippen MR) is 91.6 cm³/mol. The number of carbonyl (C=O) groups excluding carboxylic acids is 2. The molecule has 2 aromatic rings. The van der Waals surface area contributed by atoms with Crippen LogP contribution in [0.1, 0.15) is 13.8 Å². The summed E-state index contributed by atoms with van der Waals surface area (Å²) in [4.78, 5) is 25.3. The Labute approximate surface area is 144 Å². The van der Waals surface area contributed by atoms with E-state index in [0.717, 1.165) is 11.4 Å². The van der Waals surface area contributed by atoms with Gasteiger partial charge >= 0.3 is 6.03 Å². The summed E-state index contributed by atoms with van der Waals surface area (Å²) in [5, 5.41) is 11.4. The maximum absolute atomic E-state index is 12.4. The number of thioether (sulfide) groups is 1. The first-order valence-corrected chi connectivity index (χ1v) is 8.74. The molecule has 3 amide bonds. The number of nitrogens with one attached hydrogen (secondary N) is 1. The zero-order valence-electron chi connectivity index (χ0n) is 13.6. The number of amides is 3. The van der Waals surface area contributed by atoms with E-state index in [4.69, 9.17) is 0 Å². The lowest BCUT2D eigenvalue weighted by Crippen LogP contribution is -2.39. The summed E-state index contributed by atoms with van der Waals surface area (Å²) in [5.74, 6) is 0.570. The first kappa shape index (κ1) is 16.5. The summed E-state index contributed by atoms with van der Waals surface area (Å²) < 4.78 is 1.98. The molecule has 126 valence electrons. The van der Waals surface area contributed by atoms with Crippen molar-refractivity contribution in [2.24, 2.45) is 0 Å². The second kappa shape index (κ2) is 7.04. The van der Waals surface area contributed by atoms with Crippen molar-refractivity contribution in [2.75, 3.05) is 13.1 Å². The van der Waals surface area contributed by atoms with Crippen LogP contribution in [0.3, 0.4) is 0 Å². The Morgan fingerprint density at radius 1 is 1.33 bits per heavy atom. The van der Waals surface area contributed by atoms with E-state index in [2.05, 4.69) is 15.5 Å². The Balaban J connectivity index is 1.79. The van der Waals surface area contributed by atoms with Crippen molar-refractivity contribution in [3.8, 4) is 11.4 Å². The fourth-order valence-corrected chi connectivity index (χ4v) is 3.55. The molecule has 7 nitrogen and oxygen atoms in total. The average Bonchev–Trinajstić information content (AvgIpc) is 3.20. The van der Waals surface area contributed by atoms with Gasteiger partial charge in [-0.15, -0.1) is 10.2 Å². The number of benzene rings is 1. The van der Waals surface area contributed by atoms with Crippen LogP contribution in [0.25, 0.3) is 11.4 Å². The van der Waals surface area contributed by atoms with Crippen LogP contribution in [0.4, 0.5) is 4.79 Å². The van der Waals surface area contributed by atoms with Crippen LogP contribution in [0.2, 0.25) is 0 Å². The van der Waals surface area contributed by atoms with Crippen LogP contribution in [-0.4, -0.2) is 49.9 Å². The molecule has 0 spiro atoms. The van der Waals surface area contributed by atoms with Crippen molar-refractivity contribution in [1.29, 1.82) is 0 Å².